The molecule has 0 atom stereocenters. The maximum atomic E-state index is 9.35. The molecule has 2 heterocycles. The number of hydrogen-bond donors (Lipinski definition) is 0. The molecule has 0 aliphatic heterocycles. The molecule has 2 aromatic heterocycles. The van der Waals surface area contributed by atoms with Crippen LogP contribution in [-0.4, -0.2) is 0 Å². The quantitative estimate of drug-likeness (QED) is 0.229. The lowest BCUT2D eigenvalue weighted by Gasteiger charge is -2.20. The van der Waals surface area contributed by atoms with Crippen molar-refractivity contribution in [2.75, 3.05) is 0 Å². The highest BCUT2D eigenvalue weighted by Gasteiger charge is 2.27. The van der Waals surface area contributed by atoms with Crippen molar-refractivity contribution in [3.8, 4) is 11.3 Å². The molecule has 0 saturated heterocycles. The second kappa shape index (κ2) is 8.03. The third-order valence-electron chi connectivity index (χ3n) is 6.07. The molecule has 0 fully saturated rings. The summed E-state index contributed by atoms with van der Waals surface area (Å²) in [5.41, 5.74) is 2.22. The van der Waals surface area contributed by atoms with Gasteiger partial charge >= 0.3 is 0 Å². The van der Waals surface area contributed by atoms with Crippen molar-refractivity contribution in [1.82, 2.24) is 0 Å². The molecule has 0 amide bonds. The zero-order valence-corrected chi connectivity index (χ0v) is 20.6. The van der Waals surface area contributed by atoms with Gasteiger partial charge in [0, 0.05) is 37.5 Å². The van der Waals surface area contributed by atoms with Gasteiger partial charge in [0.15, 0.2) is 5.69 Å². The minimum atomic E-state index is -2.64. The number of hydrogen-bond acceptors (Lipinski definition) is 1. The highest BCUT2D eigenvalue weighted by molar-refractivity contribution is 6.13. The van der Waals surface area contributed by atoms with E-state index in [1.807, 2.05) is 25.1 Å². The number of aryl methyl sites for hydroxylation is 1. The van der Waals surface area contributed by atoms with E-state index in [-0.39, 0.29) is 22.9 Å². The molecular weight excluding hydrogens is 404 g/mol. The average Bonchev–Trinajstić information content (AvgIpc) is 3.18. The lowest BCUT2D eigenvalue weighted by Crippen LogP contribution is -2.36. The number of pyridine rings is 1. The second-order valence-corrected chi connectivity index (χ2v) is 9.93. The fraction of sp³-hybridized carbons (Fsp3) is 0.400. The molecule has 0 unspecified atom stereocenters. The van der Waals surface area contributed by atoms with Crippen molar-refractivity contribution < 1.29 is 18.6 Å². The van der Waals surface area contributed by atoms with Crippen LogP contribution in [0.5, 0.6) is 0 Å². The summed E-state index contributed by atoms with van der Waals surface area (Å²) >= 11 is 0. The van der Waals surface area contributed by atoms with E-state index in [9.17, 15) is 1.37 Å². The Morgan fingerprint density at radius 1 is 1.18 bits per heavy atom. The summed E-state index contributed by atoms with van der Waals surface area (Å²) in [6.07, 6.45) is -2.15. The van der Waals surface area contributed by atoms with Crippen molar-refractivity contribution in [1.29, 1.82) is 0 Å². The predicted molar refractivity (Wildman–Crippen MR) is 138 cm³/mol. The molecule has 0 N–H and O–H groups in total. The van der Waals surface area contributed by atoms with E-state index >= 15 is 0 Å². The zero-order chi connectivity index (χ0) is 30.3. The third kappa shape index (κ3) is 3.82. The number of nitrogens with zero attached hydrogens (tertiary/aromatic N) is 2. The summed E-state index contributed by atoms with van der Waals surface area (Å²) in [6.45, 7) is 17.2. The summed E-state index contributed by atoms with van der Waals surface area (Å²) in [4.78, 5) is 3.73. The zero-order valence-electron chi connectivity index (χ0n) is 27.6. The molecule has 0 aliphatic carbocycles. The van der Waals surface area contributed by atoms with Crippen molar-refractivity contribution in [3.05, 3.63) is 69.7 Å². The van der Waals surface area contributed by atoms with E-state index in [0.717, 1.165) is 5.56 Å². The highest BCUT2D eigenvalue weighted by Crippen LogP contribution is 2.43. The number of fused-ring (bicyclic) bond motifs is 3. The standard InChI is InChI=1S/C30H35N2O/c1-17(2)22-13-14-24-23-12-11-18(3)26(28(23)33-29(24)27(22)31-9)25-15-21(16-30(6,7)8)19(4)20(5)32(25)10/h11-15,17H,16H2,1-8,10H3/q+1/i4D3,15D,16D2,17D. The van der Waals surface area contributed by atoms with Gasteiger partial charge in [0.25, 0.3) is 0 Å². The largest absolute Gasteiger partial charge is 0.466 e. The van der Waals surface area contributed by atoms with Gasteiger partial charge in [0.2, 0.25) is 11.4 Å². The minimum absolute atomic E-state index is 0.154. The van der Waals surface area contributed by atoms with Gasteiger partial charge in [-0.1, -0.05) is 58.9 Å². The van der Waals surface area contributed by atoms with Crippen LogP contribution in [0.1, 0.15) is 78.1 Å². The molecule has 0 bridgehead atoms. The first-order chi connectivity index (χ1) is 18.2. The molecule has 0 spiro atoms. The normalized spacial score (nSPS) is 16.4. The Morgan fingerprint density at radius 3 is 2.45 bits per heavy atom. The Bertz CT molecular complexity index is 1730. The van der Waals surface area contributed by atoms with Crippen molar-refractivity contribution >= 4 is 27.6 Å². The fourth-order valence-electron chi connectivity index (χ4n) is 4.28. The van der Waals surface area contributed by atoms with Crippen LogP contribution in [0, 0.1) is 32.7 Å². The number of benzene rings is 2. The van der Waals surface area contributed by atoms with Gasteiger partial charge in [-0.3, -0.25) is 0 Å². The fourth-order valence-corrected chi connectivity index (χ4v) is 4.28. The number of aromatic nitrogens is 1. The Hall–Kier alpha value is -3.12. The smallest absolute Gasteiger partial charge is 0.232 e. The second-order valence-electron chi connectivity index (χ2n) is 9.93. The van der Waals surface area contributed by atoms with Crippen molar-refractivity contribution in [2.45, 2.75) is 67.6 Å². The van der Waals surface area contributed by atoms with E-state index in [4.69, 9.17) is 19.2 Å². The van der Waals surface area contributed by atoms with Gasteiger partial charge in [-0.15, -0.1) is 0 Å². The van der Waals surface area contributed by atoms with E-state index in [1.54, 1.807) is 59.2 Å². The molecule has 3 nitrogen and oxygen atoms in total. The monoisotopic (exact) mass is 446 g/mol. The van der Waals surface area contributed by atoms with Gasteiger partial charge in [-0.2, -0.15) is 4.57 Å². The van der Waals surface area contributed by atoms with Gasteiger partial charge in [0.1, 0.15) is 18.2 Å². The van der Waals surface area contributed by atoms with Gasteiger partial charge in [0.05, 0.1) is 13.5 Å². The predicted octanol–water partition coefficient (Wildman–Crippen LogP) is 8.27. The van der Waals surface area contributed by atoms with Crippen LogP contribution in [0.4, 0.5) is 5.69 Å². The van der Waals surface area contributed by atoms with Gasteiger partial charge < -0.3 is 4.42 Å². The summed E-state index contributed by atoms with van der Waals surface area (Å²) in [7, 11) is 1.68. The van der Waals surface area contributed by atoms with Crippen LogP contribution < -0.4 is 4.57 Å². The van der Waals surface area contributed by atoms with E-state index < -0.39 is 24.5 Å². The minimum Gasteiger partial charge on any atom is -0.466 e. The van der Waals surface area contributed by atoms with Crippen LogP contribution in [0.25, 0.3) is 38.0 Å². The Kier molecular flexibility index (Phi) is 3.81. The molecule has 3 heteroatoms. The van der Waals surface area contributed by atoms with Crippen LogP contribution in [-0.2, 0) is 13.4 Å². The molecule has 0 aliphatic rings. The molecular formula is C30H35N2O+. The van der Waals surface area contributed by atoms with Crippen LogP contribution in [0.2, 0.25) is 0 Å². The van der Waals surface area contributed by atoms with Crippen molar-refractivity contribution in [3.63, 3.8) is 0 Å². The molecule has 0 radical (unpaired) electrons. The molecule has 170 valence electrons. The van der Waals surface area contributed by atoms with E-state index in [1.165, 1.54) is 0 Å². The first-order valence-corrected chi connectivity index (χ1v) is 11.1. The SMILES string of the molecule is [2H]c1c(C([2H])([2H])C(C)(C)C)c(C([2H])([2H])[2H])c(C)[n+](C)c1-c1c(C)ccc2c1oc1c([N+]#[C-])c(C([2H])(C)C)ccc12. The summed E-state index contributed by atoms with van der Waals surface area (Å²) in [5, 5.41) is 1.41. The third-order valence-corrected chi connectivity index (χ3v) is 6.07. The van der Waals surface area contributed by atoms with E-state index in [2.05, 4.69) is 4.85 Å². The lowest BCUT2D eigenvalue weighted by atomic mass is 9.85. The Balaban J connectivity index is 2.25. The number of furan rings is 1. The first kappa shape index (κ1) is 15.7. The molecule has 4 aromatic rings. The summed E-state index contributed by atoms with van der Waals surface area (Å²) < 4.78 is 68.9. The van der Waals surface area contributed by atoms with Gasteiger partial charge in [-0.05, 0) is 48.1 Å². The van der Waals surface area contributed by atoms with Crippen LogP contribution in [0.15, 0.2) is 34.7 Å². The summed E-state index contributed by atoms with van der Waals surface area (Å²) in [6, 6.07) is 7.18. The lowest BCUT2D eigenvalue weighted by molar-refractivity contribution is -0.667. The van der Waals surface area contributed by atoms with Crippen LogP contribution >= 0.6 is 0 Å². The van der Waals surface area contributed by atoms with Gasteiger partial charge in [-0.25, -0.2) is 4.85 Å². The summed E-state index contributed by atoms with van der Waals surface area (Å²) in [5.74, 6) is -1.03. The Labute approximate surface area is 207 Å². The Morgan fingerprint density at radius 2 is 1.85 bits per heavy atom. The van der Waals surface area contributed by atoms with E-state index in [0.29, 0.717) is 44.5 Å². The molecule has 0 saturated carbocycles. The highest BCUT2D eigenvalue weighted by atomic mass is 16.3. The maximum Gasteiger partial charge on any atom is 0.232 e. The van der Waals surface area contributed by atoms with Crippen molar-refractivity contribution in [2.24, 2.45) is 12.5 Å². The average molecular weight is 447 g/mol. The molecule has 4 rings (SSSR count). The molecule has 2 aromatic carbocycles. The number of rotatable bonds is 3. The maximum absolute atomic E-state index is 9.35. The topological polar surface area (TPSA) is 21.4 Å². The first-order valence-electron chi connectivity index (χ1n) is 14.6. The molecule has 33 heavy (non-hydrogen) atoms. The van der Waals surface area contributed by atoms with Crippen LogP contribution in [0.3, 0.4) is 0 Å².